The molecule has 0 fully saturated rings. The van der Waals surface area contributed by atoms with Crippen molar-refractivity contribution in [3.8, 4) is 5.75 Å². The molecule has 0 aliphatic carbocycles. The number of carbonyl (C=O) groups is 1. The molecular formula is C20H18F3N3O2. The number of carbonyl (C=O) groups excluding carboxylic acids is 1. The van der Waals surface area contributed by atoms with E-state index in [4.69, 9.17) is 4.74 Å². The highest BCUT2D eigenvalue weighted by Gasteiger charge is 2.30. The highest BCUT2D eigenvalue weighted by atomic mass is 19.4. The van der Waals surface area contributed by atoms with Gasteiger partial charge in [-0.15, -0.1) is 0 Å². The Morgan fingerprint density at radius 2 is 1.93 bits per heavy atom. The molecule has 8 heteroatoms. The summed E-state index contributed by atoms with van der Waals surface area (Å²) in [5.74, 6) is 0.0315. The first-order valence-corrected chi connectivity index (χ1v) is 8.58. The third-order valence-corrected chi connectivity index (χ3v) is 4.04. The van der Waals surface area contributed by atoms with E-state index in [1.807, 2.05) is 24.3 Å². The van der Waals surface area contributed by atoms with Gasteiger partial charge >= 0.3 is 6.18 Å². The highest BCUT2D eigenvalue weighted by Crippen LogP contribution is 2.29. The quantitative estimate of drug-likeness (QED) is 0.662. The number of aromatic nitrogens is 2. The molecule has 0 saturated carbocycles. The molecule has 0 atom stereocenters. The third kappa shape index (κ3) is 4.91. The molecule has 3 aromatic rings. The number of aryl methyl sites for hydroxylation is 1. The number of ether oxygens (including phenoxy) is 1. The van der Waals surface area contributed by atoms with Crippen molar-refractivity contribution in [2.24, 2.45) is 0 Å². The van der Waals surface area contributed by atoms with E-state index >= 15 is 0 Å². The van der Waals surface area contributed by atoms with Gasteiger partial charge in [0.1, 0.15) is 5.75 Å². The summed E-state index contributed by atoms with van der Waals surface area (Å²) >= 11 is 0. The number of benzene rings is 2. The standard InChI is InChI=1S/C20H18F3N3O2/c1-2-14-6-8-18(9-7-14)28-13-26-12-17(11-24-26)25-19(27)15-4-3-5-16(10-15)20(21,22)23/h3-12H,2,13H2,1H3,(H,25,27). The van der Waals surface area contributed by atoms with Crippen molar-refractivity contribution >= 4 is 11.6 Å². The van der Waals surface area contributed by atoms with Crippen LogP contribution in [0.5, 0.6) is 5.75 Å². The first-order chi connectivity index (χ1) is 13.3. The molecule has 3 rings (SSSR count). The zero-order valence-electron chi connectivity index (χ0n) is 15.0. The molecule has 5 nitrogen and oxygen atoms in total. The van der Waals surface area contributed by atoms with Crippen molar-refractivity contribution in [2.45, 2.75) is 26.3 Å². The molecule has 146 valence electrons. The number of nitrogens with zero attached hydrogens (tertiary/aromatic N) is 2. The SMILES string of the molecule is CCc1ccc(OCn2cc(NC(=O)c3cccc(C(F)(F)F)c3)cn2)cc1. The van der Waals surface area contributed by atoms with Crippen molar-refractivity contribution in [1.82, 2.24) is 9.78 Å². The van der Waals surface area contributed by atoms with E-state index in [-0.39, 0.29) is 12.3 Å². The molecule has 1 amide bonds. The second-order valence-electron chi connectivity index (χ2n) is 6.07. The second kappa shape index (κ2) is 8.16. The summed E-state index contributed by atoms with van der Waals surface area (Å²) in [5, 5.41) is 6.59. The smallest absolute Gasteiger partial charge is 0.416 e. The topological polar surface area (TPSA) is 56.1 Å². The minimum absolute atomic E-state index is 0.0881. The monoisotopic (exact) mass is 389 g/mol. The maximum Gasteiger partial charge on any atom is 0.416 e. The molecule has 1 aromatic heterocycles. The van der Waals surface area contributed by atoms with Crippen molar-refractivity contribution in [3.05, 3.63) is 77.6 Å². The number of halogens is 3. The van der Waals surface area contributed by atoms with Gasteiger partial charge < -0.3 is 10.1 Å². The summed E-state index contributed by atoms with van der Waals surface area (Å²) in [4.78, 5) is 12.2. The van der Waals surface area contributed by atoms with Crippen molar-refractivity contribution in [3.63, 3.8) is 0 Å². The number of anilines is 1. The Kier molecular flexibility index (Phi) is 5.67. The summed E-state index contributed by atoms with van der Waals surface area (Å²) in [7, 11) is 0. The molecule has 1 heterocycles. The van der Waals surface area contributed by atoms with E-state index in [1.54, 1.807) is 0 Å². The Bertz CT molecular complexity index is 950. The number of rotatable bonds is 6. The fraction of sp³-hybridized carbons (Fsp3) is 0.200. The second-order valence-corrected chi connectivity index (χ2v) is 6.07. The van der Waals surface area contributed by atoms with E-state index in [0.29, 0.717) is 11.4 Å². The lowest BCUT2D eigenvalue weighted by atomic mass is 10.1. The van der Waals surface area contributed by atoms with Crippen LogP contribution in [-0.4, -0.2) is 15.7 Å². The van der Waals surface area contributed by atoms with Crippen LogP contribution in [0.15, 0.2) is 60.9 Å². The number of nitrogens with one attached hydrogen (secondary N) is 1. The largest absolute Gasteiger partial charge is 0.471 e. The lowest BCUT2D eigenvalue weighted by Crippen LogP contribution is -2.13. The molecule has 0 aliphatic rings. The van der Waals surface area contributed by atoms with Gasteiger partial charge in [0.2, 0.25) is 0 Å². The van der Waals surface area contributed by atoms with Gasteiger partial charge in [-0.1, -0.05) is 25.1 Å². The fourth-order valence-corrected chi connectivity index (χ4v) is 2.50. The summed E-state index contributed by atoms with van der Waals surface area (Å²) in [5.41, 5.74) is 0.589. The van der Waals surface area contributed by atoms with E-state index in [2.05, 4.69) is 17.3 Å². The summed E-state index contributed by atoms with van der Waals surface area (Å²) in [6.45, 7) is 2.19. The Hall–Kier alpha value is -3.29. The average Bonchev–Trinajstić information content (AvgIpc) is 3.13. The Balaban J connectivity index is 1.60. The Morgan fingerprint density at radius 3 is 2.61 bits per heavy atom. The van der Waals surface area contributed by atoms with Crippen LogP contribution in [0.25, 0.3) is 0 Å². The first-order valence-electron chi connectivity index (χ1n) is 8.58. The van der Waals surface area contributed by atoms with E-state index in [0.717, 1.165) is 18.6 Å². The fourth-order valence-electron chi connectivity index (χ4n) is 2.50. The minimum atomic E-state index is -4.51. The lowest BCUT2D eigenvalue weighted by molar-refractivity contribution is -0.137. The molecule has 0 bridgehead atoms. The van der Waals surface area contributed by atoms with Crippen LogP contribution in [0.1, 0.15) is 28.4 Å². The first kappa shape index (κ1) is 19.5. The van der Waals surface area contributed by atoms with Crippen LogP contribution in [0, 0.1) is 0 Å². The van der Waals surface area contributed by atoms with Gasteiger partial charge in [0.05, 0.1) is 23.6 Å². The Morgan fingerprint density at radius 1 is 1.18 bits per heavy atom. The normalized spacial score (nSPS) is 11.3. The van der Waals surface area contributed by atoms with E-state index in [1.165, 1.54) is 34.8 Å². The van der Waals surface area contributed by atoms with Crippen molar-refractivity contribution < 1.29 is 22.7 Å². The van der Waals surface area contributed by atoms with Gasteiger partial charge in [0, 0.05) is 5.56 Å². The number of hydrogen-bond acceptors (Lipinski definition) is 3. The van der Waals surface area contributed by atoms with Crippen LogP contribution in [0.2, 0.25) is 0 Å². The van der Waals surface area contributed by atoms with Crippen LogP contribution >= 0.6 is 0 Å². The van der Waals surface area contributed by atoms with Gasteiger partial charge in [-0.2, -0.15) is 18.3 Å². The van der Waals surface area contributed by atoms with Gasteiger partial charge in [-0.05, 0) is 42.3 Å². The molecule has 0 radical (unpaired) electrons. The minimum Gasteiger partial charge on any atom is -0.471 e. The third-order valence-electron chi connectivity index (χ3n) is 4.04. The van der Waals surface area contributed by atoms with Crippen molar-refractivity contribution in [1.29, 1.82) is 0 Å². The van der Waals surface area contributed by atoms with Crippen LogP contribution in [-0.2, 0) is 19.3 Å². The molecule has 28 heavy (non-hydrogen) atoms. The summed E-state index contributed by atoms with van der Waals surface area (Å²) in [6, 6.07) is 11.9. The zero-order chi connectivity index (χ0) is 20.1. The average molecular weight is 389 g/mol. The summed E-state index contributed by atoms with van der Waals surface area (Å²) < 4.78 is 45.4. The maximum absolute atomic E-state index is 12.8. The maximum atomic E-state index is 12.8. The number of alkyl halides is 3. The lowest BCUT2D eigenvalue weighted by Gasteiger charge is -2.08. The molecule has 0 unspecified atom stereocenters. The highest BCUT2D eigenvalue weighted by molar-refractivity contribution is 6.04. The number of hydrogen-bond donors (Lipinski definition) is 1. The van der Waals surface area contributed by atoms with Crippen LogP contribution < -0.4 is 10.1 Å². The van der Waals surface area contributed by atoms with Crippen LogP contribution in [0.4, 0.5) is 18.9 Å². The van der Waals surface area contributed by atoms with Crippen LogP contribution in [0.3, 0.4) is 0 Å². The van der Waals surface area contributed by atoms with Gasteiger partial charge in [-0.25, -0.2) is 4.68 Å². The molecule has 0 aliphatic heterocycles. The predicted octanol–water partition coefficient (Wildman–Crippen LogP) is 4.75. The van der Waals surface area contributed by atoms with E-state index in [9.17, 15) is 18.0 Å². The van der Waals surface area contributed by atoms with Gasteiger partial charge in [0.25, 0.3) is 5.91 Å². The molecule has 0 saturated heterocycles. The Labute approximate surface area is 159 Å². The number of amides is 1. The molecule has 0 spiro atoms. The molecule has 1 N–H and O–H groups in total. The zero-order valence-corrected chi connectivity index (χ0v) is 15.0. The summed E-state index contributed by atoms with van der Waals surface area (Å²) in [6.07, 6.45) is -0.636. The predicted molar refractivity (Wildman–Crippen MR) is 98.1 cm³/mol. The molecular weight excluding hydrogens is 371 g/mol. The van der Waals surface area contributed by atoms with E-state index < -0.39 is 17.6 Å². The van der Waals surface area contributed by atoms with Gasteiger partial charge in [0.15, 0.2) is 6.73 Å². The van der Waals surface area contributed by atoms with Gasteiger partial charge in [-0.3, -0.25) is 4.79 Å². The molecule has 2 aromatic carbocycles. The van der Waals surface area contributed by atoms with Crippen molar-refractivity contribution in [2.75, 3.05) is 5.32 Å².